The van der Waals surface area contributed by atoms with Crippen LogP contribution in [0.25, 0.3) is 0 Å². The number of nitrogens with one attached hydrogen (secondary N) is 1. The first-order valence-corrected chi connectivity index (χ1v) is 7.49. The number of amides is 1. The van der Waals surface area contributed by atoms with Crippen LogP contribution >= 0.6 is 27.7 Å². The first-order chi connectivity index (χ1) is 8.74. The quantitative estimate of drug-likeness (QED) is 0.863. The van der Waals surface area contributed by atoms with E-state index in [0.29, 0.717) is 5.75 Å². The van der Waals surface area contributed by atoms with Gasteiger partial charge in [0.2, 0.25) is 0 Å². The lowest BCUT2D eigenvalue weighted by Crippen LogP contribution is -2.25. The lowest BCUT2D eigenvalue weighted by atomic mass is 10.3. The van der Waals surface area contributed by atoms with E-state index in [1.165, 1.54) is 0 Å². The number of benzene rings is 1. The maximum Gasteiger partial charge on any atom is 0.277 e. The predicted molar refractivity (Wildman–Crippen MR) is 77.2 cm³/mol. The Labute approximate surface area is 118 Å². The van der Waals surface area contributed by atoms with Gasteiger partial charge in [0.1, 0.15) is 5.75 Å². The third-order valence-corrected chi connectivity index (χ3v) is 3.83. The van der Waals surface area contributed by atoms with Gasteiger partial charge in [0.15, 0.2) is 6.61 Å². The minimum atomic E-state index is -0.237. The summed E-state index contributed by atoms with van der Waals surface area (Å²) in [4.78, 5) is 11.5. The molecule has 1 aromatic carbocycles. The number of carbonyl (C=O) groups excluding carboxylic acids is 1. The second-order valence-electron chi connectivity index (χ2n) is 3.76. The zero-order valence-electron chi connectivity index (χ0n) is 9.69. The molecule has 1 heterocycles. The molecule has 1 amide bonds. The number of hydrogen-bond acceptors (Lipinski definition) is 4. The highest BCUT2D eigenvalue weighted by atomic mass is 79.9. The van der Waals surface area contributed by atoms with Gasteiger partial charge in [0, 0.05) is 15.9 Å². The Kier molecular flexibility index (Phi) is 5.07. The average Bonchev–Trinajstić information content (AvgIpc) is 2.87. The highest BCUT2D eigenvalue weighted by Crippen LogP contribution is 2.17. The van der Waals surface area contributed by atoms with Crippen molar-refractivity contribution in [1.29, 1.82) is 0 Å². The highest BCUT2D eigenvalue weighted by molar-refractivity contribution is 9.10. The van der Waals surface area contributed by atoms with Gasteiger partial charge >= 0.3 is 0 Å². The molecule has 2 rings (SSSR count). The summed E-state index contributed by atoms with van der Waals surface area (Å²) < 4.78 is 6.27. The third-order valence-electron chi connectivity index (χ3n) is 2.31. The fraction of sp³-hybridized carbons (Fsp3) is 0.333. The zero-order valence-corrected chi connectivity index (χ0v) is 12.1. The molecule has 96 valence electrons. The molecule has 0 spiro atoms. The van der Waals surface area contributed by atoms with Crippen molar-refractivity contribution in [2.45, 2.75) is 6.42 Å². The molecule has 0 radical (unpaired) electrons. The number of nitrogens with zero attached hydrogens (tertiary/aromatic N) is 1. The number of carbonyl (C=O) groups is 1. The molecule has 0 bridgehead atoms. The number of hydrazone groups is 1. The van der Waals surface area contributed by atoms with Crippen LogP contribution < -0.4 is 10.2 Å². The van der Waals surface area contributed by atoms with Gasteiger partial charge in [-0.3, -0.25) is 4.79 Å². The van der Waals surface area contributed by atoms with Crippen molar-refractivity contribution in [3.63, 3.8) is 0 Å². The Morgan fingerprint density at radius 3 is 3.17 bits per heavy atom. The molecule has 18 heavy (non-hydrogen) atoms. The van der Waals surface area contributed by atoms with E-state index < -0.39 is 0 Å². The summed E-state index contributed by atoms with van der Waals surface area (Å²) in [5.74, 6) is 2.42. The highest BCUT2D eigenvalue weighted by Gasteiger charge is 2.09. The second-order valence-corrected chi connectivity index (χ2v) is 5.78. The minimum Gasteiger partial charge on any atom is -0.484 e. The van der Waals surface area contributed by atoms with Crippen molar-refractivity contribution in [2.24, 2.45) is 5.10 Å². The summed E-state index contributed by atoms with van der Waals surface area (Å²) in [5.41, 5.74) is 3.55. The van der Waals surface area contributed by atoms with E-state index in [9.17, 15) is 4.79 Å². The van der Waals surface area contributed by atoms with Crippen molar-refractivity contribution >= 4 is 39.3 Å². The van der Waals surface area contributed by atoms with Crippen molar-refractivity contribution < 1.29 is 9.53 Å². The molecular formula is C12H13BrN2O2S. The summed E-state index contributed by atoms with van der Waals surface area (Å²) in [6.45, 7) is -0.0274. The van der Waals surface area contributed by atoms with E-state index in [-0.39, 0.29) is 12.5 Å². The Hall–Kier alpha value is -1.01. The summed E-state index contributed by atoms with van der Waals surface area (Å²) in [6.07, 6.45) is 0.956. The molecule has 1 fully saturated rings. The molecule has 0 unspecified atom stereocenters. The Balaban J connectivity index is 1.76. The SMILES string of the molecule is O=C(COc1cccc(Br)c1)NN=C1CCSC1. The molecule has 1 N–H and O–H groups in total. The summed E-state index contributed by atoms with van der Waals surface area (Å²) in [5, 5.41) is 4.06. The van der Waals surface area contributed by atoms with Crippen molar-refractivity contribution in [1.82, 2.24) is 5.43 Å². The number of rotatable bonds is 4. The zero-order chi connectivity index (χ0) is 12.8. The normalized spacial score (nSPS) is 16.8. The van der Waals surface area contributed by atoms with E-state index in [0.717, 1.165) is 28.1 Å². The van der Waals surface area contributed by atoms with Gasteiger partial charge in [-0.25, -0.2) is 5.43 Å². The fourth-order valence-corrected chi connectivity index (χ4v) is 2.77. The molecule has 0 saturated carbocycles. The van der Waals surface area contributed by atoms with E-state index in [1.54, 1.807) is 6.07 Å². The number of ether oxygens (including phenoxy) is 1. The van der Waals surface area contributed by atoms with Gasteiger partial charge in [-0.05, 0) is 30.4 Å². The van der Waals surface area contributed by atoms with Gasteiger partial charge < -0.3 is 4.74 Å². The van der Waals surface area contributed by atoms with E-state index in [4.69, 9.17) is 4.74 Å². The second kappa shape index (κ2) is 6.80. The molecule has 0 aromatic heterocycles. The van der Waals surface area contributed by atoms with E-state index in [2.05, 4.69) is 26.5 Å². The van der Waals surface area contributed by atoms with Crippen molar-refractivity contribution in [2.75, 3.05) is 18.1 Å². The first kappa shape index (κ1) is 13.4. The van der Waals surface area contributed by atoms with Crippen molar-refractivity contribution in [3.8, 4) is 5.75 Å². The van der Waals surface area contributed by atoms with Crippen LogP contribution in [0.4, 0.5) is 0 Å². The number of thioether (sulfide) groups is 1. The van der Waals surface area contributed by atoms with Crippen LogP contribution in [-0.2, 0) is 4.79 Å². The molecule has 0 atom stereocenters. The van der Waals surface area contributed by atoms with Gasteiger partial charge in [-0.1, -0.05) is 22.0 Å². The molecule has 1 saturated heterocycles. The Morgan fingerprint density at radius 1 is 1.56 bits per heavy atom. The Bertz CT molecular complexity index is 457. The van der Waals surface area contributed by atoms with Gasteiger partial charge in [0.25, 0.3) is 5.91 Å². The minimum absolute atomic E-state index is 0.0274. The number of hydrogen-bond donors (Lipinski definition) is 1. The van der Waals surface area contributed by atoms with Crippen LogP contribution in [0.1, 0.15) is 6.42 Å². The molecule has 1 aliphatic heterocycles. The van der Waals surface area contributed by atoms with E-state index in [1.807, 2.05) is 30.0 Å². The van der Waals surface area contributed by atoms with Crippen LogP contribution in [0.5, 0.6) is 5.75 Å². The van der Waals surface area contributed by atoms with Crippen LogP contribution in [0.15, 0.2) is 33.8 Å². The van der Waals surface area contributed by atoms with Crippen LogP contribution in [0.2, 0.25) is 0 Å². The smallest absolute Gasteiger partial charge is 0.277 e. The Morgan fingerprint density at radius 2 is 2.44 bits per heavy atom. The predicted octanol–water partition coefficient (Wildman–Crippen LogP) is 2.44. The van der Waals surface area contributed by atoms with Gasteiger partial charge in [-0.2, -0.15) is 16.9 Å². The maximum absolute atomic E-state index is 11.5. The average molecular weight is 329 g/mol. The van der Waals surface area contributed by atoms with Crippen LogP contribution in [0, 0.1) is 0 Å². The largest absolute Gasteiger partial charge is 0.484 e. The molecule has 4 nitrogen and oxygen atoms in total. The van der Waals surface area contributed by atoms with Gasteiger partial charge in [-0.15, -0.1) is 0 Å². The van der Waals surface area contributed by atoms with Gasteiger partial charge in [0.05, 0.1) is 0 Å². The summed E-state index contributed by atoms with van der Waals surface area (Å²) in [7, 11) is 0. The molecule has 0 aliphatic carbocycles. The lowest BCUT2D eigenvalue weighted by Gasteiger charge is -2.05. The van der Waals surface area contributed by atoms with E-state index >= 15 is 0 Å². The molecule has 6 heteroatoms. The van der Waals surface area contributed by atoms with Crippen LogP contribution in [-0.4, -0.2) is 29.7 Å². The topological polar surface area (TPSA) is 50.7 Å². The lowest BCUT2D eigenvalue weighted by molar-refractivity contribution is -0.123. The monoisotopic (exact) mass is 328 g/mol. The first-order valence-electron chi connectivity index (χ1n) is 5.54. The molecule has 1 aliphatic rings. The summed E-state index contributed by atoms with van der Waals surface area (Å²) >= 11 is 5.17. The fourth-order valence-electron chi connectivity index (χ4n) is 1.42. The molecule has 1 aromatic rings. The number of halogens is 1. The standard InChI is InChI=1S/C12H13BrN2O2S/c13-9-2-1-3-11(6-9)17-7-12(16)15-14-10-4-5-18-8-10/h1-3,6H,4-5,7-8H2,(H,15,16). The van der Waals surface area contributed by atoms with Crippen molar-refractivity contribution in [3.05, 3.63) is 28.7 Å². The van der Waals surface area contributed by atoms with Crippen LogP contribution in [0.3, 0.4) is 0 Å². The summed E-state index contributed by atoms with van der Waals surface area (Å²) in [6, 6.07) is 7.37. The molecular weight excluding hydrogens is 316 g/mol. The third kappa shape index (κ3) is 4.34. The maximum atomic E-state index is 11.5.